The molecule has 0 unspecified atom stereocenters. The van der Waals surface area contributed by atoms with Gasteiger partial charge in [-0.2, -0.15) is 5.10 Å². The van der Waals surface area contributed by atoms with E-state index in [4.69, 9.17) is 0 Å². The molecule has 0 saturated carbocycles. The summed E-state index contributed by atoms with van der Waals surface area (Å²) in [7, 11) is 0. The van der Waals surface area contributed by atoms with Gasteiger partial charge in [-0.1, -0.05) is 28.1 Å². The molecule has 0 radical (unpaired) electrons. The summed E-state index contributed by atoms with van der Waals surface area (Å²) in [6, 6.07) is 9.73. The molecule has 0 fully saturated rings. The first-order valence-corrected chi connectivity index (χ1v) is 7.19. The van der Waals surface area contributed by atoms with Crippen LogP contribution in [-0.2, 0) is 0 Å². The van der Waals surface area contributed by atoms with E-state index in [1.807, 2.05) is 0 Å². The second-order valence-corrected chi connectivity index (χ2v) is 5.42. The largest absolute Gasteiger partial charge is 0.277 e. The minimum atomic E-state index is -0.811. The van der Waals surface area contributed by atoms with Crippen LogP contribution in [0.2, 0.25) is 0 Å². The smallest absolute Gasteiger partial charge is 0.267 e. The fourth-order valence-corrected chi connectivity index (χ4v) is 1.98. The van der Waals surface area contributed by atoms with E-state index in [1.54, 1.807) is 24.3 Å². The Balaban J connectivity index is 2.18. The number of hydrogen-bond donors (Lipinski definition) is 1. The number of carbonyl (C=O) groups is 1. The van der Waals surface area contributed by atoms with Gasteiger partial charge in [0.05, 0.1) is 27.7 Å². The van der Waals surface area contributed by atoms with Crippen LogP contribution in [0.25, 0.3) is 0 Å². The first kappa shape index (κ1) is 17.2. The Morgan fingerprint density at radius 3 is 2.08 bits per heavy atom. The van der Waals surface area contributed by atoms with Gasteiger partial charge in [-0.05, 0) is 17.7 Å². The number of nitrogens with zero attached hydrogens (tertiary/aromatic N) is 3. The number of hydrazone groups is 1. The van der Waals surface area contributed by atoms with E-state index in [1.165, 1.54) is 6.21 Å². The molecule has 0 bridgehead atoms. The average Bonchev–Trinajstić information content (AvgIpc) is 2.56. The van der Waals surface area contributed by atoms with E-state index < -0.39 is 27.1 Å². The van der Waals surface area contributed by atoms with Gasteiger partial charge in [0, 0.05) is 16.6 Å². The maximum absolute atomic E-state index is 12.0. The highest BCUT2D eigenvalue weighted by Gasteiger charge is 2.19. The number of rotatable bonds is 5. The molecule has 2 rings (SSSR count). The van der Waals surface area contributed by atoms with E-state index in [0.29, 0.717) is 5.56 Å². The number of nitrogens with one attached hydrogen (secondary N) is 1. The lowest BCUT2D eigenvalue weighted by Gasteiger charge is -2.01. The molecule has 0 saturated heterocycles. The van der Waals surface area contributed by atoms with Gasteiger partial charge in [-0.15, -0.1) is 0 Å². The zero-order chi connectivity index (χ0) is 17.7. The van der Waals surface area contributed by atoms with Crippen LogP contribution in [0.4, 0.5) is 11.4 Å². The molecule has 9 nitrogen and oxygen atoms in total. The predicted octanol–water partition coefficient (Wildman–Crippen LogP) is 3.03. The number of non-ortho nitro benzene ring substituents is 2. The summed E-state index contributed by atoms with van der Waals surface area (Å²) in [6.45, 7) is 0. The number of nitro benzene ring substituents is 2. The molecule has 0 atom stereocenters. The van der Waals surface area contributed by atoms with Crippen molar-refractivity contribution >= 4 is 39.4 Å². The Labute approximate surface area is 143 Å². The molecule has 2 aromatic carbocycles. The van der Waals surface area contributed by atoms with Crippen molar-refractivity contribution in [1.82, 2.24) is 5.43 Å². The third-order valence-corrected chi connectivity index (χ3v) is 3.36. The second-order valence-electron chi connectivity index (χ2n) is 4.50. The molecule has 0 aliphatic rings. The normalized spacial score (nSPS) is 10.5. The van der Waals surface area contributed by atoms with Crippen LogP contribution in [0, 0.1) is 20.2 Å². The van der Waals surface area contributed by atoms with E-state index in [2.05, 4.69) is 26.5 Å². The van der Waals surface area contributed by atoms with Crippen LogP contribution in [0.15, 0.2) is 52.0 Å². The Kier molecular flexibility index (Phi) is 5.32. The van der Waals surface area contributed by atoms with Crippen molar-refractivity contribution in [2.45, 2.75) is 0 Å². The van der Waals surface area contributed by atoms with E-state index >= 15 is 0 Å². The summed E-state index contributed by atoms with van der Waals surface area (Å²) < 4.78 is 0.882. The van der Waals surface area contributed by atoms with E-state index in [0.717, 1.165) is 22.7 Å². The molecule has 122 valence electrons. The molecule has 0 spiro atoms. The molecule has 0 aliphatic carbocycles. The lowest BCUT2D eigenvalue weighted by Crippen LogP contribution is -2.18. The van der Waals surface area contributed by atoms with Gasteiger partial charge in [0.2, 0.25) is 0 Å². The van der Waals surface area contributed by atoms with E-state index in [9.17, 15) is 25.0 Å². The Hall–Kier alpha value is -3.14. The highest BCUT2D eigenvalue weighted by atomic mass is 79.9. The van der Waals surface area contributed by atoms with Gasteiger partial charge in [0.25, 0.3) is 17.3 Å². The number of benzene rings is 2. The van der Waals surface area contributed by atoms with Crippen molar-refractivity contribution in [3.8, 4) is 0 Å². The van der Waals surface area contributed by atoms with Crippen LogP contribution in [0.3, 0.4) is 0 Å². The fourth-order valence-electron chi connectivity index (χ4n) is 1.72. The highest BCUT2D eigenvalue weighted by molar-refractivity contribution is 9.10. The third-order valence-electron chi connectivity index (χ3n) is 2.84. The molecule has 1 amide bonds. The maximum atomic E-state index is 12.0. The van der Waals surface area contributed by atoms with Gasteiger partial charge in [-0.3, -0.25) is 25.0 Å². The first-order chi connectivity index (χ1) is 11.4. The maximum Gasteiger partial charge on any atom is 0.277 e. The third kappa shape index (κ3) is 4.43. The van der Waals surface area contributed by atoms with Crippen molar-refractivity contribution in [2.75, 3.05) is 0 Å². The van der Waals surface area contributed by atoms with Crippen LogP contribution >= 0.6 is 15.9 Å². The second kappa shape index (κ2) is 7.42. The Morgan fingerprint density at radius 2 is 1.58 bits per heavy atom. The van der Waals surface area contributed by atoms with Crippen molar-refractivity contribution in [3.63, 3.8) is 0 Å². The molecular weight excluding hydrogens is 384 g/mol. The van der Waals surface area contributed by atoms with Crippen molar-refractivity contribution in [2.24, 2.45) is 5.10 Å². The first-order valence-electron chi connectivity index (χ1n) is 6.39. The zero-order valence-corrected chi connectivity index (χ0v) is 13.5. The number of nitro groups is 2. The van der Waals surface area contributed by atoms with Gasteiger partial charge in [0.15, 0.2) is 0 Å². The summed E-state index contributed by atoms with van der Waals surface area (Å²) in [4.78, 5) is 31.9. The standard InChI is InChI=1S/C14H9BrN4O5/c15-11-3-1-9(2-4-11)8-16-17-14(20)10-5-12(18(21)22)7-13(6-10)19(23)24/h1-8H,(H,17,20)/b16-8+. The lowest BCUT2D eigenvalue weighted by molar-refractivity contribution is -0.394. The SMILES string of the molecule is O=C(N/N=C/c1ccc(Br)cc1)c1cc([N+](=O)[O-])cc([N+](=O)[O-])c1. The quantitative estimate of drug-likeness (QED) is 0.474. The molecule has 0 aliphatic heterocycles. The lowest BCUT2D eigenvalue weighted by atomic mass is 10.1. The van der Waals surface area contributed by atoms with Crippen LogP contribution in [-0.4, -0.2) is 22.0 Å². The zero-order valence-electron chi connectivity index (χ0n) is 11.9. The highest BCUT2D eigenvalue weighted by Crippen LogP contribution is 2.22. The molecular formula is C14H9BrN4O5. The van der Waals surface area contributed by atoms with Crippen LogP contribution < -0.4 is 5.43 Å². The van der Waals surface area contributed by atoms with Crippen molar-refractivity contribution < 1.29 is 14.6 Å². The minimum absolute atomic E-state index is 0.233. The van der Waals surface area contributed by atoms with Gasteiger partial charge < -0.3 is 0 Å². The van der Waals surface area contributed by atoms with Crippen molar-refractivity contribution in [1.29, 1.82) is 0 Å². The average molecular weight is 393 g/mol. The molecule has 10 heteroatoms. The van der Waals surface area contributed by atoms with Gasteiger partial charge in [-0.25, -0.2) is 5.43 Å². The number of carbonyl (C=O) groups excluding carboxylic acids is 1. The molecule has 24 heavy (non-hydrogen) atoms. The number of hydrogen-bond acceptors (Lipinski definition) is 6. The summed E-state index contributed by atoms with van der Waals surface area (Å²) in [5.74, 6) is -0.796. The molecule has 1 N–H and O–H groups in total. The summed E-state index contributed by atoms with van der Waals surface area (Å²) in [6.07, 6.45) is 1.37. The number of halogens is 1. The summed E-state index contributed by atoms with van der Waals surface area (Å²) >= 11 is 3.28. The van der Waals surface area contributed by atoms with Crippen LogP contribution in [0.1, 0.15) is 15.9 Å². The van der Waals surface area contributed by atoms with E-state index in [-0.39, 0.29) is 5.56 Å². The van der Waals surface area contributed by atoms with Crippen LogP contribution in [0.5, 0.6) is 0 Å². The minimum Gasteiger partial charge on any atom is -0.267 e. The van der Waals surface area contributed by atoms with Gasteiger partial charge >= 0.3 is 0 Å². The predicted molar refractivity (Wildman–Crippen MR) is 89.0 cm³/mol. The molecule has 0 heterocycles. The molecule has 2 aromatic rings. The Morgan fingerprint density at radius 1 is 1.04 bits per heavy atom. The monoisotopic (exact) mass is 392 g/mol. The Bertz CT molecular complexity index is 803. The topological polar surface area (TPSA) is 128 Å². The van der Waals surface area contributed by atoms with Crippen molar-refractivity contribution in [3.05, 3.63) is 78.3 Å². The van der Waals surface area contributed by atoms with Gasteiger partial charge in [0.1, 0.15) is 0 Å². The fraction of sp³-hybridized carbons (Fsp3) is 0. The summed E-state index contributed by atoms with van der Waals surface area (Å²) in [5, 5.41) is 25.3. The molecule has 0 aromatic heterocycles. The summed E-state index contributed by atoms with van der Waals surface area (Å²) in [5.41, 5.74) is 1.55. The number of amides is 1.